The summed E-state index contributed by atoms with van der Waals surface area (Å²) >= 11 is 0. The van der Waals surface area contributed by atoms with Gasteiger partial charge in [0, 0.05) is 7.11 Å². The zero-order chi connectivity index (χ0) is 12.7. The van der Waals surface area contributed by atoms with Crippen LogP contribution < -0.4 is 4.74 Å². The smallest absolute Gasteiger partial charge is 0.470 e. The number of para-hydroxylation sites is 1. The molecule has 0 aromatic heterocycles. The van der Waals surface area contributed by atoms with Crippen LogP contribution in [-0.4, -0.2) is 36.2 Å². The fourth-order valence-corrected chi connectivity index (χ4v) is 1.71. The highest BCUT2D eigenvalue weighted by molar-refractivity contribution is 7.46. The Labute approximate surface area is 99.4 Å². The van der Waals surface area contributed by atoms with E-state index in [2.05, 4.69) is 4.52 Å². The second-order valence-corrected chi connectivity index (χ2v) is 4.49. The van der Waals surface area contributed by atoms with Crippen molar-refractivity contribution in [2.75, 3.05) is 20.3 Å². The quantitative estimate of drug-likeness (QED) is 0.718. The number of phosphoric acid groups is 1. The van der Waals surface area contributed by atoms with Crippen LogP contribution in [0.15, 0.2) is 30.3 Å². The molecule has 1 aromatic rings. The molecule has 0 aliphatic carbocycles. The normalized spacial score (nSPS) is 13.4. The van der Waals surface area contributed by atoms with Gasteiger partial charge in [0.25, 0.3) is 0 Å². The fourth-order valence-electron chi connectivity index (χ4n) is 1.19. The Morgan fingerprint density at radius 2 is 1.88 bits per heavy atom. The molecule has 2 N–H and O–H groups in total. The Balaban J connectivity index is 2.47. The minimum atomic E-state index is -4.53. The highest BCUT2D eigenvalue weighted by Gasteiger charge is 2.22. The van der Waals surface area contributed by atoms with Gasteiger partial charge in [-0.2, -0.15) is 0 Å². The van der Waals surface area contributed by atoms with Gasteiger partial charge in [-0.15, -0.1) is 0 Å². The standard InChI is InChI=1S/C10H15O6P/c1-14-7-10(16-17(11,12)13)8-15-9-5-3-2-4-6-9/h2-6,10H,7-8H2,1H3,(H2,11,12,13). The molecular formula is C10H15O6P. The SMILES string of the molecule is COCC(COc1ccccc1)OP(=O)(O)O. The van der Waals surface area contributed by atoms with Crippen molar-refractivity contribution in [2.45, 2.75) is 6.10 Å². The molecule has 0 aliphatic heterocycles. The lowest BCUT2D eigenvalue weighted by atomic mass is 10.3. The van der Waals surface area contributed by atoms with Crippen LogP contribution in [0, 0.1) is 0 Å². The van der Waals surface area contributed by atoms with E-state index in [1.165, 1.54) is 7.11 Å². The fraction of sp³-hybridized carbons (Fsp3) is 0.400. The molecule has 0 bridgehead atoms. The molecule has 0 saturated carbocycles. The summed E-state index contributed by atoms with van der Waals surface area (Å²) in [6.07, 6.45) is -0.818. The van der Waals surface area contributed by atoms with Crippen molar-refractivity contribution < 1.29 is 28.3 Å². The van der Waals surface area contributed by atoms with Crippen LogP contribution in [0.4, 0.5) is 0 Å². The first kappa shape index (κ1) is 14.2. The predicted molar refractivity (Wildman–Crippen MR) is 60.7 cm³/mol. The number of phosphoric ester groups is 1. The summed E-state index contributed by atoms with van der Waals surface area (Å²) in [4.78, 5) is 17.4. The van der Waals surface area contributed by atoms with Crippen molar-refractivity contribution in [3.8, 4) is 5.75 Å². The highest BCUT2D eigenvalue weighted by Crippen LogP contribution is 2.37. The monoisotopic (exact) mass is 262 g/mol. The minimum Gasteiger partial charge on any atom is -0.491 e. The van der Waals surface area contributed by atoms with Crippen LogP contribution in [0.1, 0.15) is 0 Å². The molecule has 0 spiro atoms. The van der Waals surface area contributed by atoms with Gasteiger partial charge in [0.05, 0.1) is 6.61 Å². The predicted octanol–water partition coefficient (Wildman–Crippen LogP) is 1.19. The largest absolute Gasteiger partial charge is 0.491 e. The Morgan fingerprint density at radius 1 is 1.24 bits per heavy atom. The van der Waals surface area contributed by atoms with Crippen LogP contribution in [0.2, 0.25) is 0 Å². The Hall–Kier alpha value is -0.910. The number of ether oxygens (including phenoxy) is 2. The third kappa shape index (κ3) is 6.41. The van der Waals surface area contributed by atoms with Gasteiger partial charge in [0.15, 0.2) is 0 Å². The van der Waals surface area contributed by atoms with E-state index in [9.17, 15) is 4.57 Å². The molecule has 1 aromatic carbocycles. The average Bonchev–Trinajstić information content (AvgIpc) is 2.26. The van der Waals surface area contributed by atoms with Crippen molar-refractivity contribution in [2.24, 2.45) is 0 Å². The first-order chi connectivity index (χ1) is 8.01. The van der Waals surface area contributed by atoms with E-state index < -0.39 is 13.9 Å². The summed E-state index contributed by atoms with van der Waals surface area (Å²) in [5.74, 6) is 0.600. The van der Waals surface area contributed by atoms with Crippen LogP contribution >= 0.6 is 7.82 Å². The molecule has 6 nitrogen and oxygen atoms in total. The van der Waals surface area contributed by atoms with E-state index in [0.717, 1.165) is 0 Å². The molecule has 96 valence electrons. The number of hydrogen-bond acceptors (Lipinski definition) is 4. The van der Waals surface area contributed by atoms with Gasteiger partial charge in [0.2, 0.25) is 0 Å². The summed E-state index contributed by atoms with van der Waals surface area (Å²) < 4.78 is 25.3. The maximum Gasteiger partial charge on any atom is 0.470 e. The molecule has 7 heteroatoms. The van der Waals surface area contributed by atoms with Gasteiger partial charge in [-0.05, 0) is 12.1 Å². The van der Waals surface area contributed by atoms with Gasteiger partial charge in [0.1, 0.15) is 18.5 Å². The van der Waals surface area contributed by atoms with E-state index >= 15 is 0 Å². The molecule has 1 atom stereocenters. The second kappa shape index (κ2) is 6.74. The minimum absolute atomic E-state index is 0.00294. The molecule has 0 heterocycles. The van der Waals surface area contributed by atoms with Crippen molar-refractivity contribution >= 4 is 7.82 Å². The zero-order valence-electron chi connectivity index (χ0n) is 9.35. The van der Waals surface area contributed by atoms with Crippen LogP contribution in [-0.2, 0) is 13.8 Å². The lowest BCUT2D eigenvalue weighted by Crippen LogP contribution is -2.25. The summed E-state index contributed by atoms with van der Waals surface area (Å²) in [6, 6.07) is 8.91. The molecule has 0 saturated heterocycles. The van der Waals surface area contributed by atoms with E-state index in [1.807, 2.05) is 6.07 Å². The summed E-state index contributed by atoms with van der Waals surface area (Å²) in [6.45, 7) is 0.0426. The molecule has 1 rings (SSSR count). The topological polar surface area (TPSA) is 85.2 Å². The molecule has 1 unspecified atom stereocenters. The third-order valence-corrected chi connectivity index (χ3v) is 2.39. The molecule has 0 radical (unpaired) electrons. The van der Waals surface area contributed by atoms with Crippen molar-refractivity contribution in [1.29, 1.82) is 0 Å². The average molecular weight is 262 g/mol. The van der Waals surface area contributed by atoms with Crippen molar-refractivity contribution in [3.63, 3.8) is 0 Å². The zero-order valence-corrected chi connectivity index (χ0v) is 10.2. The Morgan fingerprint density at radius 3 is 2.41 bits per heavy atom. The molecule has 0 aliphatic rings. The molecular weight excluding hydrogens is 247 g/mol. The number of benzene rings is 1. The van der Waals surface area contributed by atoms with Crippen molar-refractivity contribution in [3.05, 3.63) is 30.3 Å². The van der Waals surface area contributed by atoms with E-state index in [4.69, 9.17) is 19.3 Å². The Kier molecular flexibility index (Phi) is 5.61. The second-order valence-electron chi connectivity index (χ2n) is 3.30. The lowest BCUT2D eigenvalue weighted by molar-refractivity contribution is 0.0287. The molecule has 17 heavy (non-hydrogen) atoms. The van der Waals surface area contributed by atoms with Gasteiger partial charge in [-0.1, -0.05) is 18.2 Å². The van der Waals surface area contributed by atoms with E-state index in [1.54, 1.807) is 24.3 Å². The van der Waals surface area contributed by atoms with Crippen LogP contribution in [0.5, 0.6) is 5.75 Å². The van der Waals surface area contributed by atoms with Gasteiger partial charge >= 0.3 is 7.82 Å². The lowest BCUT2D eigenvalue weighted by Gasteiger charge is -2.17. The van der Waals surface area contributed by atoms with Gasteiger partial charge in [-0.3, -0.25) is 4.52 Å². The maximum absolute atomic E-state index is 10.7. The van der Waals surface area contributed by atoms with Gasteiger partial charge < -0.3 is 19.3 Å². The highest BCUT2D eigenvalue weighted by atomic mass is 31.2. The summed E-state index contributed by atoms with van der Waals surface area (Å²) in [5.41, 5.74) is 0. The number of hydrogen-bond donors (Lipinski definition) is 2. The molecule has 0 fully saturated rings. The maximum atomic E-state index is 10.7. The number of rotatable bonds is 7. The Bertz CT molecular complexity index is 362. The van der Waals surface area contributed by atoms with E-state index in [0.29, 0.717) is 5.75 Å². The van der Waals surface area contributed by atoms with Crippen LogP contribution in [0.3, 0.4) is 0 Å². The first-order valence-electron chi connectivity index (χ1n) is 4.92. The van der Waals surface area contributed by atoms with E-state index in [-0.39, 0.29) is 13.2 Å². The van der Waals surface area contributed by atoms with Crippen molar-refractivity contribution in [1.82, 2.24) is 0 Å². The first-order valence-corrected chi connectivity index (χ1v) is 6.45. The summed E-state index contributed by atoms with van der Waals surface area (Å²) in [5, 5.41) is 0. The van der Waals surface area contributed by atoms with Crippen LogP contribution in [0.25, 0.3) is 0 Å². The van der Waals surface area contributed by atoms with Gasteiger partial charge in [-0.25, -0.2) is 4.57 Å². The summed E-state index contributed by atoms with van der Waals surface area (Å²) in [7, 11) is -3.12. The third-order valence-electron chi connectivity index (χ3n) is 1.82. The number of methoxy groups -OCH3 is 1. The molecule has 0 amide bonds.